The molecule has 3 aliphatic rings. The number of carbonyl (C=O) groups excluding carboxylic acids is 1. The van der Waals surface area contributed by atoms with Gasteiger partial charge in [-0.2, -0.15) is 0 Å². The van der Waals surface area contributed by atoms with Crippen LogP contribution < -0.4 is 5.73 Å². The second kappa shape index (κ2) is 3.25. The van der Waals surface area contributed by atoms with Gasteiger partial charge in [-0.1, -0.05) is 11.6 Å². The van der Waals surface area contributed by atoms with Gasteiger partial charge < -0.3 is 5.73 Å². The molecule has 1 aromatic carbocycles. The van der Waals surface area contributed by atoms with Gasteiger partial charge in [0.25, 0.3) is 0 Å². The molecule has 2 atom stereocenters. The lowest BCUT2D eigenvalue weighted by molar-refractivity contribution is 0.0824. The summed E-state index contributed by atoms with van der Waals surface area (Å²) < 4.78 is 0. The molecule has 2 bridgehead atoms. The van der Waals surface area contributed by atoms with Crippen molar-refractivity contribution in [3.05, 3.63) is 41.0 Å². The minimum absolute atomic E-state index is 0.224. The summed E-state index contributed by atoms with van der Waals surface area (Å²) in [5.41, 5.74) is 10.5. The highest BCUT2D eigenvalue weighted by Crippen LogP contribution is 2.58. The molecule has 0 saturated heterocycles. The van der Waals surface area contributed by atoms with E-state index < -0.39 is 0 Å². The summed E-state index contributed by atoms with van der Waals surface area (Å²) in [7, 11) is 0. The number of allylic oxidation sites excluding steroid dienone is 2. The predicted molar refractivity (Wildman–Crippen MR) is 71.4 cm³/mol. The first-order valence-electron chi connectivity index (χ1n) is 6.76. The summed E-state index contributed by atoms with van der Waals surface area (Å²) in [6.45, 7) is 0. The molecule has 0 amide bonds. The molecular weight excluding hydrogens is 222 g/mol. The number of rotatable bonds is 0. The van der Waals surface area contributed by atoms with Crippen molar-refractivity contribution in [3.8, 4) is 0 Å². The molecule has 18 heavy (non-hydrogen) atoms. The molecule has 2 nitrogen and oxygen atoms in total. The number of benzene rings is 1. The van der Waals surface area contributed by atoms with Crippen molar-refractivity contribution in [1.29, 1.82) is 0 Å². The normalized spacial score (nSPS) is 32.8. The third-order valence-corrected chi connectivity index (χ3v) is 5.13. The molecule has 1 saturated carbocycles. The van der Waals surface area contributed by atoms with Gasteiger partial charge in [0.2, 0.25) is 0 Å². The Hall–Kier alpha value is -1.57. The average molecular weight is 239 g/mol. The molecule has 0 heterocycles. The lowest BCUT2D eigenvalue weighted by Crippen LogP contribution is -2.36. The van der Waals surface area contributed by atoms with Crippen molar-refractivity contribution >= 4 is 11.5 Å². The maximum absolute atomic E-state index is 12.4. The summed E-state index contributed by atoms with van der Waals surface area (Å²) >= 11 is 0. The van der Waals surface area contributed by atoms with Crippen molar-refractivity contribution in [3.63, 3.8) is 0 Å². The molecule has 1 aromatic rings. The zero-order chi connectivity index (χ0) is 12.3. The second-order valence-electron chi connectivity index (χ2n) is 6.23. The Bertz CT molecular complexity index is 587. The zero-order valence-electron chi connectivity index (χ0n) is 10.4. The average Bonchev–Trinajstić information content (AvgIpc) is 2.88. The Labute approximate surface area is 107 Å². The fraction of sp³-hybridized carbons (Fsp3) is 0.438. The molecule has 4 rings (SSSR count). The molecule has 0 radical (unpaired) electrons. The summed E-state index contributed by atoms with van der Waals surface area (Å²) in [5, 5.41) is 0. The van der Waals surface area contributed by atoms with Gasteiger partial charge in [0, 0.05) is 17.7 Å². The third kappa shape index (κ3) is 1.26. The number of anilines is 1. The van der Waals surface area contributed by atoms with Crippen LogP contribution in [0.2, 0.25) is 0 Å². The van der Waals surface area contributed by atoms with E-state index in [1.54, 1.807) is 5.57 Å². The van der Waals surface area contributed by atoms with E-state index in [4.69, 9.17) is 5.73 Å². The first kappa shape index (κ1) is 10.4. The van der Waals surface area contributed by atoms with Gasteiger partial charge in [-0.15, -0.1) is 0 Å². The van der Waals surface area contributed by atoms with Crippen LogP contribution >= 0.6 is 0 Å². The Balaban J connectivity index is 1.80. The highest BCUT2D eigenvalue weighted by Gasteiger charge is 2.50. The number of ketones is 1. The number of nitrogen functional groups attached to an aromatic ring is 1. The van der Waals surface area contributed by atoms with E-state index in [1.165, 1.54) is 18.4 Å². The SMILES string of the molecule is Nc1ccc2c(c1)CC1(CC2=O)CC2=CCC1C2. The zero-order valence-corrected chi connectivity index (χ0v) is 10.4. The predicted octanol–water partition coefficient (Wildman–Crippen LogP) is 3.12. The maximum Gasteiger partial charge on any atom is 0.163 e. The minimum atomic E-state index is 0.224. The molecule has 92 valence electrons. The monoisotopic (exact) mass is 239 g/mol. The van der Waals surface area contributed by atoms with Crippen LogP contribution in [-0.2, 0) is 6.42 Å². The van der Waals surface area contributed by atoms with Gasteiger partial charge >= 0.3 is 0 Å². The van der Waals surface area contributed by atoms with Gasteiger partial charge in [0.1, 0.15) is 0 Å². The smallest absolute Gasteiger partial charge is 0.163 e. The number of carbonyl (C=O) groups is 1. The van der Waals surface area contributed by atoms with Crippen LogP contribution in [0.4, 0.5) is 5.69 Å². The Kier molecular flexibility index (Phi) is 1.87. The highest BCUT2D eigenvalue weighted by atomic mass is 16.1. The molecule has 2 heteroatoms. The summed E-state index contributed by atoms with van der Waals surface area (Å²) in [6, 6.07) is 5.76. The van der Waals surface area contributed by atoms with Crippen LogP contribution in [0.1, 0.15) is 41.6 Å². The van der Waals surface area contributed by atoms with Gasteiger partial charge in [0.05, 0.1) is 0 Å². The Morgan fingerprint density at radius 1 is 1.22 bits per heavy atom. The fourth-order valence-electron chi connectivity index (χ4n) is 4.30. The van der Waals surface area contributed by atoms with Crippen molar-refractivity contribution in [2.45, 2.75) is 32.1 Å². The van der Waals surface area contributed by atoms with Gasteiger partial charge in [-0.05, 0) is 60.8 Å². The van der Waals surface area contributed by atoms with Gasteiger partial charge in [-0.25, -0.2) is 0 Å². The van der Waals surface area contributed by atoms with E-state index in [-0.39, 0.29) is 5.41 Å². The molecular formula is C16H17NO. The molecule has 1 fully saturated rings. The number of hydrogen-bond acceptors (Lipinski definition) is 2. The lowest BCUT2D eigenvalue weighted by atomic mass is 9.63. The first-order valence-corrected chi connectivity index (χ1v) is 6.76. The second-order valence-corrected chi connectivity index (χ2v) is 6.23. The summed E-state index contributed by atoms with van der Waals surface area (Å²) in [6.07, 6.45) is 7.71. The number of nitrogens with two attached hydrogens (primary N) is 1. The van der Waals surface area contributed by atoms with E-state index in [0.29, 0.717) is 11.7 Å². The molecule has 2 unspecified atom stereocenters. The number of fused-ring (bicyclic) bond motifs is 4. The summed E-state index contributed by atoms with van der Waals surface area (Å²) in [5.74, 6) is 1.02. The highest BCUT2D eigenvalue weighted by molar-refractivity contribution is 5.99. The third-order valence-electron chi connectivity index (χ3n) is 5.13. The van der Waals surface area contributed by atoms with Crippen molar-refractivity contribution in [2.24, 2.45) is 11.3 Å². The van der Waals surface area contributed by atoms with Crippen LogP contribution in [0.15, 0.2) is 29.8 Å². The van der Waals surface area contributed by atoms with Crippen molar-refractivity contribution in [1.82, 2.24) is 0 Å². The molecule has 1 spiro atoms. The number of Topliss-reactive ketones (excluding diaryl/α,β-unsaturated/α-hetero) is 1. The topological polar surface area (TPSA) is 43.1 Å². The quantitative estimate of drug-likeness (QED) is 0.558. The molecule has 3 aliphatic carbocycles. The minimum Gasteiger partial charge on any atom is -0.399 e. The summed E-state index contributed by atoms with van der Waals surface area (Å²) in [4.78, 5) is 12.4. The van der Waals surface area contributed by atoms with E-state index >= 15 is 0 Å². The lowest BCUT2D eigenvalue weighted by Gasteiger charge is -2.39. The van der Waals surface area contributed by atoms with Crippen molar-refractivity contribution < 1.29 is 4.79 Å². The molecule has 2 N–H and O–H groups in total. The number of hydrogen-bond donors (Lipinski definition) is 1. The van der Waals surface area contributed by atoms with E-state index in [9.17, 15) is 4.79 Å². The standard InChI is InChI=1S/C16H17NO/c17-13-3-4-14-11(6-13)8-16(9-15(14)18)7-10-1-2-12(16)5-10/h1,3-4,6,12H,2,5,7-9,17H2. The molecule has 0 aromatic heterocycles. The van der Waals surface area contributed by atoms with Crippen LogP contribution in [0.3, 0.4) is 0 Å². The van der Waals surface area contributed by atoms with Gasteiger partial charge in [0.15, 0.2) is 5.78 Å². The maximum atomic E-state index is 12.4. The van der Waals surface area contributed by atoms with Crippen LogP contribution in [0.25, 0.3) is 0 Å². The molecule has 0 aliphatic heterocycles. The first-order chi connectivity index (χ1) is 8.66. The van der Waals surface area contributed by atoms with E-state index in [2.05, 4.69) is 6.08 Å². The van der Waals surface area contributed by atoms with Crippen molar-refractivity contribution in [2.75, 3.05) is 5.73 Å². The Morgan fingerprint density at radius 2 is 2.11 bits per heavy atom. The van der Waals surface area contributed by atoms with E-state index in [1.807, 2.05) is 18.2 Å². The van der Waals surface area contributed by atoms with Gasteiger partial charge in [-0.3, -0.25) is 4.79 Å². The van der Waals surface area contributed by atoms with Crippen LogP contribution in [0.5, 0.6) is 0 Å². The fourth-order valence-corrected chi connectivity index (χ4v) is 4.30. The van der Waals surface area contributed by atoms with E-state index in [0.717, 1.165) is 30.5 Å². The van der Waals surface area contributed by atoms with Crippen LogP contribution in [0, 0.1) is 11.3 Å². The largest absolute Gasteiger partial charge is 0.399 e. The Morgan fingerprint density at radius 3 is 2.83 bits per heavy atom. The van der Waals surface area contributed by atoms with Crippen LogP contribution in [-0.4, -0.2) is 5.78 Å².